The number of hydrogen-bond donors (Lipinski definition) is 1. The molecule has 1 aliphatic heterocycles. The summed E-state index contributed by atoms with van der Waals surface area (Å²) >= 11 is 1.59. The fourth-order valence-electron chi connectivity index (χ4n) is 0.913. The summed E-state index contributed by atoms with van der Waals surface area (Å²) in [6.45, 7) is -0.00125. The molecule has 2 N–H and O–H groups in total. The van der Waals surface area contributed by atoms with E-state index in [-0.39, 0.29) is 30.9 Å². The first-order valence-corrected chi connectivity index (χ1v) is 4.42. The Labute approximate surface area is 81.5 Å². The molecule has 0 aromatic carbocycles. The van der Waals surface area contributed by atoms with Crippen LogP contribution in [0, 0.1) is 11.3 Å². The highest BCUT2D eigenvalue weighted by Gasteiger charge is 2.27. The van der Waals surface area contributed by atoms with Crippen LogP contribution in [0.4, 0.5) is 0 Å². The van der Waals surface area contributed by atoms with E-state index >= 15 is 0 Å². The number of hydrogen-bond acceptors (Lipinski definition) is 4. The van der Waals surface area contributed by atoms with Crippen molar-refractivity contribution >= 4 is 30.1 Å². The van der Waals surface area contributed by atoms with Crippen molar-refractivity contribution in [3.05, 3.63) is 0 Å². The standard InChI is InChI=1S/C6H9N3OS.ClH/c7-1-5-3-11-4-9(5)6(10)2-8;/h5H,2-4,8H2;1H/t5-;/m1./s1. The van der Waals surface area contributed by atoms with E-state index in [1.807, 2.05) is 0 Å². The summed E-state index contributed by atoms with van der Waals surface area (Å²) < 4.78 is 0. The van der Waals surface area contributed by atoms with Gasteiger partial charge in [-0.15, -0.1) is 24.2 Å². The molecule has 0 aromatic heterocycles. The lowest BCUT2D eigenvalue weighted by Gasteiger charge is -2.16. The molecule has 4 nitrogen and oxygen atoms in total. The van der Waals surface area contributed by atoms with Gasteiger partial charge in [-0.25, -0.2) is 0 Å². The topological polar surface area (TPSA) is 70.1 Å². The fourth-order valence-corrected chi connectivity index (χ4v) is 2.02. The molecule has 1 saturated heterocycles. The van der Waals surface area contributed by atoms with Crippen molar-refractivity contribution in [3.8, 4) is 6.07 Å². The Kier molecular flexibility index (Phi) is 5.06. The van der Waals surface area contributed by atoms with Crippen molar-refractivity contribution in [2.45, 2.75) is 6.04 Å². The first-order valence-electron chi connectivity index (χ1n) is 3.26. The van der Waals surface area contributed by atoms with Crippen LogP contribution in [0.15, 0.2) is 0 Å². The Morgan fingerprint density at radius 1 is 1.83 bits per heavy atom. The Hall–Kier alpha value is -0.440. The summed E-state index contributed by atoms with van der Waals surface area (Å²) in [7, 11) is 0. The molecule has 0 saturated carbocycles. The van der Waals surface area contributed by atoms with Crippen LogP contribution in [0.25, 0.3) is 0 Å². The highest BCUT2D eigenvalue weighted by atomic mass is 35.5. The summed E-state index contributed by atoms with van der Waals surface area (Å²) in [5.74, 6) is 1.18. The fraction of sp³-hybridized carbons (Fsp3) is 0.667. The molecule has 0 radical (unpaired) electrons. The minimum absolute atomic E-state index is 0. The van der Waals surface area contributed by atoms with Gasteiger partial charge in [0, 0.05) is 5.75 Å². The molecular weight excluding hydrogens is 198 g/mol. The lowest BCUT2D eigenvalue weighted by molar-refractivity contribution is -0.129. The molecule has 0 bridgehead atoms. The summed E-state index contributed by atoms with van der Waals surface area (Å²) in [4.78, 5) is 12.5. The number of carbonyl (C=O) groups excluding carboxylic acids is 1. The van der Waals surface area contributed by atoms with Gasteiger partial charge in [0.1, 0.15) is 6.04 Å². The first kappa shape index (κ1) is 11.6. The summed E-state index contributed by atoms with van der Waals surface area (Å²) in [6.07, 6.45) is 0. The normalized spacial score (nSPS) is 21.3. The van der Waals surface area contributed by atoms with E-state index in [0.717, 1.165) is 0 Å². The number of nitriles is 1. The smallest absolute Gasteiger partial charge is 0.238 e. The molecule has 0 aliphatic carbocycles. The van der Waals surface area contributed by atoms with Crippen LogP contribution < -0.4 is 5.73 Å². The minimum Gasteiger partial charge on any atom is -0.322 e. The van der Waals surface area contributed by atoms with Crippen molar-refractivity contribution in [2.75, 3.05) is 18.2 Å². The Balaban J connectivity index is 0.00000121. The Morgan fingerprint density at radius 3 is 3.00 bits per heavy atom. The van der Waals surface area contributed by atoms with E-state index in [1.165, 1.54) is 4.90 Å². The number of nitrogens with two attached hydrogens (primary N) is 1. The van der Waals surface area contributed by atoms with Gasteiger partial charge < -0.3 is 10.6 Å². The van der Waals surface area contributed by atoms with E-state index < -0.39 is 0 Å². The maximum Gasteiger partial charge on any atom is 0.238 e. The van der Waals surface area contributed by atoms with Crippen LogP contribution in [-0.4, -0.2) is 35.0 Å². The monoisotopic (exact) mass is 207 g/mol. The van der Waals surface area contributed by atoms with Crippen LogP contribution in [-0.2, 0) is 4.79 Å². The summed E-state index contributed by atoms with van der Waals surface area (Å²) in [5, 5.41) is 8.58. The van der Waals surface area contributed by atoms with Gasteiger partial charge in [0.05, 0.1) is 18.5 Å². The Bertz CT molecular complexity index is 205. The van der Waals surface area contributed by atoms with Gasteiger partial charge in [-0.05, 0) is 0 Å². The maximum absolute atomic E-state index is 11.0. The molecule has 1 fully saturated rings. The molecule has 1 amide bonds. The van der Waals surface area contributed by atoms with Gasteiger partial charge in [0.15, 0.2) is 0 Å². The first-order chi connectivity index (χ1) is 5.29. The quantitative estimate of drug-likeness (QED) is 0.646. The van der Waals surface area contributed by atoms with Crippen LogP contribution in [0.5, 0.6) is 0 Å². The number of thioether (sulfide) groups is 1. The van der Waals surface area contributed by atoms with Crippen molar-refractivity contribution in [3.63, 3.8) is 0 Å². The molecule has 1 rings (SSSR count). The van der Waals surface area contributed by atoms with Crippen LogP contribution in [0.2, 0.25) is 0 Å². The number of nitrogens with zero attached hydrogens (tertiary/aromatic N) is 2. The second-order valence-corrected chi connectivity index (χ2v) is 3.21. The Morgan fingerprint density at radius 2 is 2.50 bits per heavy atom. The number of rotatable bonds is 1. The second kappa shape index (κ2) is 5.25. The van der Waals surface area contributed by atoms with Crippen LogP contribution in [0.3, 0.4) is 0 Å². The van der Waals surface area contributed by atoms with Gasteiger partial charge in [-0.2, -0.15) is 5.26 Å². The third kappa shape index (κ3) is 2.27. The zero-order valence-corrected chi connectivity index (χ0v) is 8.03. The molecule has 0 unspecified atom stereocenters. The average molecular weight is 208 g/mol. The van der Waals surface area contributed by atoms with Crippen molar-refractivity contribution in [1.82, 2.24) is 4.90 Å². The molecule has 68 valence electrons. The second-order valence-electron chi connectivity index (χ2n) is 2.21. The van der Waals surface area contributed by atoms with E-state index in [4.69, 9.17) is 11.0 Å². The minimum atomic E-state index is -0.268. The third-order valence-electron chi connectivity index (χ3n) is 1.53. The number of halogens is 1. The molecule has 12 heavy (non-hydrogen) atoms. The van der Waals surface area contributed by atoms with Gasteiger partial charge >= 0.3 is 0 Å². The average Bonchev–Trinajstić information content (AvgIpc) is 2.50. The zero-order valence-electron chi connectivity index (χ0n) is 6.40. The lowest BCUT2D eigenvalue weighted by Crippen LogP contribution is -2.39. The zero-order chi connectivity index (χ0) is 8.27. The van der Waals surface area contributed by atoms with Crippen LogP contribution in [0.1, 0.15) is 0 Å². The van der Waals surface area contributed by atoms with E-state index in [9.17, 15) is 4.79 Å². The molecule has 1 aliphatic rings. The van der Waals surface area contributed by atoms with Gasteiger partial charge in [0.25, 0.3) is 0 Å². The SMILES string of the molecule is Cl.N#C[C@@H]1CSCN1C(=O)CN. The lowest BCUT2D eigenvalue weighted by atomic mass is 10.3. The van der Waals surface area contributed by atoms with Crippen molar-refractivity contribution < 1.29 is 4.79 Å². The molecule has 1 heterocycles. The van der Waals surface area contributed by atoms with E-state index in [2.05, 4.69) is 6.07 Å². The number of carbonyl (C=O) groups is 1. The number of amides is 1. The van der Waals surface area contributed by atoms with Crippen molar-refractivity contribution in [1.29, 1.82) is 5.26 Å². The van der Waals surface area contributed by atoms with Gasteiger partial charge in [0.2, 0.25) is 5.91 Å². The predicted octanol–water partition coefficient (Wildman–Crippen LogP) is -0.208. The van der Waals surface area contributed by atoms with E-state index in [1.54, 1.807) is 11.8 Å². The molecule has 6 heteroatoms. The maximum atomic E-state index is 11.0. The van der Waals surface area contributed by atoms with Gasteiger partial charge in [-0.3, -0.25) is 4.79 Å². The molecular formula is C6H10ClN3OS. The third-order valence-corrected chi connectivity index (χ3v) is 2.54. The summed E-state index contributed by atoms with van der Waals surface area (Å²) in [5.41, 5.74) is 5.16. The van der Waals surface area contributed by atoms with E-state index in [0.29, 0.717) is 11.6 Å². The largest absolute Gasteiger partial charge is 0.322 e. The highest BCUT2D eigenvalue weighted by Crippen LogP contribution is 2.19. The van der Waals surface area contributed by atoms with Crippen LogP contribution >= 0.6 is 24.2 Å². The molecule has 1 atom stereocenters. The summed E-state index contributed by atoms with van der Waals surface area (Å²) in [6, 6.07) is 1.79. The molecule has 0 spiro atoms. The van der Waals surface area contributed by atoms with Crippen molar-refractivity contribution in [2.24, 2.45) is 5.73 Å². The molecule has 0 aromatic rings. The van der Waals surface area contributed by atoms with Gasteiger partial charge in [-0.1, -0.05) is 0 Å². The predicted molar refractivity (Wildman–Crippen MR) is 49.9 cm³/mol. The highest BCUT2D eigenvalue weighted by molar-refractivity contribution is 7.99.